The van der Waals surface area contributed by atoms with Gasteiger partial charge in [-0.15, -0.1) is 0 Å². The first kappa shape index (κ1) is 28.3. The summed E-state index contributed by atoms with van der Waals surface area (Å²) in [5.41, 5.74) is 12.3. The monoisotopic (exact) mass is 653 g/mol. The highest BCUT2D eigenvalue weighted by Crippen LogP contribution is 2.62. The molecule has 7 aromatic carbocycles. The van der Waals surface area contributed by atoms with Crippen molar-refractivity contribution in [3.05, 3.63) is 208 Å². The highest BCUT2D eigenvalue weighted by atomic mass is 16.5. The van der Waals surface area contributed by atoms with Gasteiger partial charge in [0.2, 0.25) is 0 Å². The molecule has 4 heteroatoms. The summed E-state index contributed by atoms with van der Waals surface area (Å²) in [6.07, 6.45) is 5.09. The van der Waals surface area contributed by atoms with Crippen molar-refractivity contribution in [2.75, 3.05) is 0 Å². The van der Waals surface area contributed by atoms with Gasteiger partial charge in [0.1, 0.15) is 23.5 Å². The minimum Gasteiger partial charge on any atom is -0.456 e. The van der Waals surface area contributed by atoms with E-state index in [1.54, 1.807) is 0 Å². The fraction of sp³-hybridized carbons (Fsp3) is 0.0638. The second-order valence-electron chi connectivity index (χ2n) is 13.7. The van der Waals surface area contributed by atoms with Crippen molar-refractivity contribution >= 4 is 28.5 Å². The van der Waals surface area contributed by atoms with Gasteiger partial charge in [0.15, 0.2) is 5.84 Å². The van der Waals surface area contributed by atoms with Crippen LogP contribution < -0.4 is 10.1 Å². The molecule has 0 fully saturated rings. The van der Waals surface area contributed by atoms with Gasteiger partial charge in [-0.3, -0.25) is 0 Å². The molecule has 1 unspecified atom stereocenters. The standard InChI is InChI=1S/C47H31N3O/c1-2-13-30(14-3-1)44-48-45(33-27-31-17-10-15-29-16-11-18-32(28-33)42(29)31)50-46(49-44)36-21-12-25-40-43(36)51-41-26-9-8-24-39(41)47(40)37-22-6-4-19-34(37)35-20-5-7-23-38(35)47/h1-15,17-28,45H,16H2,(H,48,49,50). The maximum absolute atomic E-state index is 7.00. The van der Waals surface area contributed by atoms with Crippen molar-refractivity contribution in [2.24, 2.45) is 9.98 Å². The third kappa shape index (κ3) is 4.02. The van der Waals surface area contributed by atoms with Crippen molar-refractivity contribution in [2.45, 2.75) is 18.0 Å². The number of rotatable bonds is 3. The van der Waals surface area contributed by atoms with Gasteiger partial charge in [0.05, 0.1) is 11.0 Å². The quantitative estimate of drug-likeness (QED) is 0.206. The van der Waals surface area contributed by atoms with Crippen molar-refractivity contribution in [3.8, 4) is 22.6 Å². The van der Waals surface area contributed by atoms with Gasteiger partial charge in [0, 0.05) is 16.7 Å². The molecule has 51 heavy (non-hydrogen) atoms. The first-order valence-electron chi connectivity index (χ1n) is 17.6. The van der Waals surface area contributed by atoms with Crippen molar-refractivity contribution < 1.29 is 4.74 Å². The zero-order valence-electron chi connectivity index (χ0n) is 27.7. The molecule has 4 nitrogen and oxygen atoms in total. The van der Waals surface area contributed by atoms with Crippen LogP contribution in [0.1, 0.15) is 56.2 Å². The van der Waals surface area contributed by atoms with Crippen LogP contribution in [0, 0.1) is 0 Å². The van der Waals surface area contributed by atoms with Crippen LogP contribution in [0.5, 0.6) is 11.5 Å². The predicted molar refractivity (Wildman–Crippen MR) is 206 cm³/mol. The Kier molecular flexibility index (Phi) is 5.97. The third-order valence-corrected chi connectivity index (χ3v) is 11.0. The summed E-state index contributed by atoms with van der Waals surface area (Å²) in [7, 11) is 0. The Morgan fingerprint density at radius 1 is 0.627 bits per heavy atom. The predicted octanol–water partition coefficient (Wildman–Crippen LogP) is 10.4. The Morgan fingerprint density at radius 2 is 1.31 bits per heavy atom. The molecule has 1 spiro atoms. The highest BCUT2D eigenvalue weighted by Gasteiger charge is 2.51. The fourth-order valence-electron chi connectivity index (χ4n) is 8.87. The molecule has 2 aliphatic heterocycles. The maximum atomic E-state index is 7.00. The fourth-order valence-corrected chi connectivity index (χ4v) is 8.87. The van der Waals surface area contributed by atoms with Gasteiger partial charge in [-0.1, -0.05) is 140 Å². The molecule has 0 saturated heterocycles. The second-order valence-corrected chi connectivity index (χ2v) is 13.7. The summed E-state index contributed by atoms with van der Waals surface area (Å²) in [5, 5.41) is 6.25. The van der Waals surface area contributed by atoms with Gasteiger partial charge in [0.25, 0.3) is 0 Å². The number of ether oxygens (including phenoxy) is 1. The second kappa shape index (κ2) is 10.7. The molecule has 7 aromatic rings. The van der Waals surface area contributed by atoms with Crippen LogP contribution in [-0.4, -0.2) is 11.7 Å². The molecule has 0 radical (unpaired) electrons. The summed E-state index contributed by atoms with van der Waals surface area (Å²) >= 11 is 0. The molecule has 0 amide bonds. The van der Waals surface area contributed by atoms with Crippen molar-refractivity contribution in [3.63, 3.8) is 0 Å². The molecule has 2 aliphatic carbocycles. The van der Waals surface area contributed by atoms with Gasteiger partial charge in [-0.2, -0.15) is 0 Å². The molecular weight excluding hydrogens is 623 g/mol. The number of amidine groups is 2. The van der Waals surface area contributed by atoms with E-state index in [4.69, 9.17) is 14.7 Å². The largest absolute Gasteiger partial charge is 0.456 e. The first-order chi connectivity index (χ1) is 25.3. The Hall–Kier alpha value is -6.52. The Morgan fingerprint density at radius 3 is 2.14 bits per heavy atom. The van der Waals surface area contributed by atoms with Crippen LogP contribution in [0.2, 0.25) is 0 Å². The lowest BCUT2D eigenvalue weighted by atomic mass is 9.66. The lowest BCUT2D eigenvalue weighted by Crippen LogP contribution is -2.35. The molecular formula is C47H31N3O. The van der Waals surface area contributed by atoms with Crippen LogP contribution >= 0.6 is 0 Å². The van der Waals surface area contributed by atoms with Gasteiger partial charge in [-0.25, -0.2) is 9.98 Å². The molecule has 0 bridgehead atoms. The van der Waals surface area contributed by atoms with Crippen LogP contribution in [0.3, 0.4) is 0 Å². The lowest BCUT2D eigenvalue weighted by Gasteiger charge is -2.40. The van der Waals surface area contributed by atoms with Gasteiger partial charge >= 0.3 is 0 Å². The number of nitrogens with zero attached hydrogens (tertiary/aromatic N) is 2. The highest BCUT2D eigenvalue weighted by molar-refractivity contribution is 6.14. The number of benzene rings is 7. The van der Waals surface area contributed by atoms with Gasteiger partial charge in [-0.05, 0) is 80.4 Å². The number of aliphatic imine (C=N–C) groups is 2. The molecule has 4 aliphatic rings. The maximum Gasteiger partial charge on any atom is 0.163 e. The zero-order chi connectivity index (χ0) is 33.5. The number of hydrogen-bond acceptors (Lipinski definition) is 4. The summed E-state index contributed by atoms with van der Waals surface area (Å²) in [4.78, 5) is 10.7. The number of hydrogen-bond donors (Lipinski definition) is 1. The number of nitrogens with one attached hydrogen (secondary N) is 1. The summed E-state index contributed by atoms with van der Waals surface area (Å²) < 4.78 is 7.00. The first-order valence-corrected chi connectivity index (χ1v) is 17.6. The average molecular weight is 654 g/mol. The zero-order valence-corrected chi connectivity index (χ0v) is 27.7. The topological polar surface area (TPSA) is 46.0 Å². The van der Waals surface area contributed by atoms with Crippen molar-refractivity contribution in [1.82, 2.24) is 5.32 Å². The van der Waals surface area contributed by atoms with E-state index in [-0.39, 0.29) is 6.17 Å². The minimum atomic E-state index is -0.558. The molecule has 11 rings (SSSR count). The smallest absolute Gasteiger partial charge is 0.163 e. The van der Waals surface area contributed by atoms with E-state index in [2.05, 4.69) is 163 Å². The Labute approximate surface area is 296 Å². The summed E-state index contributed by atoms with van der Waals surface area (Å²) in [5.74, 6) is 3.06. The number of allylic oxidation sites excluding steroid dienone is 1. The van der Waals surface area contributed by atoms with E-state index >= 15 is 0 Å². The molecule has 0 saturated carbocycles. The van der Waals surface area contributed by atoms with Crippen LogP contribution in [0.15, 0.2) is 168 Å². The molecule has 240 valence electrons. The lowest BCUT2D eigenvalue weighted by molar-refractivity contribution is 0.435. The van der Waals surface area contributed by atoms with Gasteiger partial charge < -0.3 is 10.1 Å². The number of fused-ring (bicyclic) bond motifs is 9. The average Bonchev–Trinajstić information content (AvgIpc) is 3.49. The van der Waals surface area contributed by atoms with Crippen LogP contribution in [0.4, 0.5) is 0 Å². The number of para-hydroxylation sites is 2. The molecule has 1 atom stereocenters. The van der Waals surface area contributed by atoms with E-state index in [1.807, 2.05) is 6.07 Å². The van der Waals surface area contributed by atoms with E-state index in [1.165, 1.54) is 44.2 Å². The van der Waals surface area contributed by atoms with E-state index in [9.17, 15) is 0 Å². The Bertz CT molecular complexity index is 2640. The van der Waals surface area contributed by atoms with Crippen molar-refractivity contribution in [1.29, 1.82) is 0 Å². The third-order valence-electron chi connectivity index (χ3n) is 11.0. The minimum absolute atomic E-state index is 0.360. The Balaban J connectivity index is 1.16. The van der Waals surface area contributed by atoms with E-state index in [0.29, 0.717) is 5.84 Å². The molecule has 1 N–H and O–H groups in total. The summed E-state index contributed by atoms with van der Waals surface area (Å²) in [6.45, 7) is 0. The normalized spacial score (nSPS) is 17.0. The van der Waals surface area contributed by atoms with Crippen LogP contribution in [0.25, 0.3) is 28.0 Å². The van der Waals surface area contributed by atoms with E-state index < -0.39 is 5.41 Å². The summed E-state index contributed by atoms with van der Waals surface area (Å²) in [6, 6.07) is 54.1. The van der Waals surface area contributed by atoms with E-state index in [0.717, 1.165) is 51.6 Å². The van der Waals surface area contributed by atoms with Crippen LogP contribution in [-0.2, 0) is 11.8 Å². The molecule has 2 heterocycles. The molecule has 0 aromatic heterocycles. The SMILES string of the molecule is C1=Cc2cc(C3N=C(c4cccc5c4Oc4ccccc4C54c5ccccc5-c5ccccc54)N=C(c4ccccc4)N3)cc3cccc(c23)C1.